The topological polar surface area (TPSA) is 38.7 Å². The van der Waals surface area contributed by atoms with Gasteiger partial charge in [0.25, 0.3) is 0 Å². The molecule has 0 spiro atoms. The van der Waals surface area contributed by atoms with E-state index in [1.54, 1.807) is 11.3 Å². The molecule has 0 aliphatic rings. The molecule has 0 fully saturated rings. The minimum absolute atomic E-state index is 0.667. The van der Waals surface area contributed by atoms with Gasteiger partial charge in [0.15, 0.2) is 17.5 Å². The Labute approximate surface area is 296 Å². The number of benzene rings is 7. The highest BCUT2D eigenvalue weighted by Crippen LogP contribution is 2.45. The zero-order chi connectivity index (χ0) is 33.0. The lowest BCUT2D eigenvalue weighted by atomic mass is 9.94. The van der Waals surface area contributed by atoms with Gasteiger partial charge in [0, 0.05) is 57.0 Å². The van der Waals surface area contributed by atoms with E-state index >= 15 is 0 Å². The van der Waals surface area contributed by atoms with Gasteiger partial charge >= 0.3 is 0 Å². The second kappa shape index (κ2) is 11.8. The van der Waals surface area contributed by atoms with Gasteiger partial charge in [-0.2, -0.15) is 0 Å². The number of nitrogens with zero attached hydrogens (tertiary/aromatic N) is 3. The van der Waals surface area contributed by atoms with E-state index in [4.69, 9.17) is 15.0 Å². The molecule has 0 aliphatic heterocycles. The van der Waals surface area contributed by atoms with E-state index in [0.717, 1.165) is 16.7 Å². The lowest BCUT2D eigenvalue weighted by Gasteiger charge is -2.10. The summed E-state index contributed by atoms with van der Waals surface area (Å²) < 4.78 is 5.03. The van der Waals surface area contributed by atoms with Gasteiger partial charge in [-0.15, -0.1) is 22.7 Å². The van der Waals surface area contributed by atoms with E-state index in [1.165, 1.54) is 62.6 Å². The minimum Gasteiger partial charge on any atom is -0.208 e. The molecule has 0 N–H and O–H groups in total. The second-order valence-electron chi connectivity index (χ2n) is 12.4. The first-order chi connectivity index (χ1) is 24.8. The van der Waals surface area contributed by atoms with Crippen LogP contribution in [0.3, 0.4) is 0 Å². The number of rotatable bonds is 5. The SMILES string of the molecule is c1ccc(-c2nc(-c3ccccc3)nc(-c3cccc4c3sc3ccc(-c5cc(-c6ccccc6)c6c(c5)sc5ccccc56)cc34)n2)cc1. The zero-order valence-electron chi connectivity index (χ0n) is 26.7. The molecular formula is C45H27N3S2. The number of hydrogen-bond acceptors (Lipinski definition) is 5. The minimum atomic E-state index is 0.667. The van der Waals surface area contributed by atoms with Crippen molar-refractivity contribution in [1.82, 2.24) is 15.0 Å². The molecular weight excluding hydrogens is 647 g/mol. The Balaban J connectivity index is 1.15. The average molecular weight is 674 g/mol. The van der Waals surface area contributed by atoms with Crippen molar-refractivity contribution in [2.75, 3.05) is 0 Å². The molecule has 50 heavy (non-hydrogen) atoms. The van der Waals surface area contributed by atoms with Gasteiger partial charge in [0.05, 0.1) is 0 Å². The largest absolute Gasteiger partial charge is 0.208 e. The van der Waals surface area contributed by atoms with Crippen molar-refractivity contribution in [2.24, 2.45) is 0 Å². The van der Waals surface area contributed by atoms with Gasteiger partial charge in [-0.25, -0.2) is 15.0 Å². The Morgan fingerprint density at radius 3 is 1.64 bits per heavy atom. The smallest absolute Gasteiger partial charge is 0.165 e. The molecule has 3 heterocycles. The van der Waals surface area contributed by atoms with Gasteiger partial charge < -0.3 is 0 Å². The van der Waals surface area contributed by atoms with Crippen molar-refractivity contribution >= 4 is 63.0 Å². The van der Waals surface area contributed by atoms with Crippen LogP contribution in [-0.4, -0.2) is 15.0 Å². The van der Waals surface area contributed by atoms with Crippen molar-refractivity contribution in [3.05, 3.63) is 164 Å². The number of thiophene rings is 2. The Hall–Kier alpha value is -6.01. The standard InChI is InChI=1S/C45H27N3S2/c1-4-13-28(14-5-1)36-26-32(27-40-41(36)34-19-10-11-22-38(34)49-40)31-23-24-39-37(25-31)33-20-12-21-35(42(33)50-39)45-47-43(29-15-6-2-7-16-29)46-44(48-45)30-17-8-3-9-18-30/h1-27H. The van der Waals surface area contributed by atoms with Crippen LogP contribution in [0.4, 0.5) is 0 Å². The summed E-state index contributed by atoms with van der Waals surface area (Å²) in [5, 5.41) is 5.09. The molecule has 0 amide bonds. The van der Waals surface area contributed by atoms with Crippen molar-refractivity contribution in [2.45, 2.75) is 0 Å². The van der Waals surface area contributed by atoms with Crippen LogP contribution in [0.5, 0.6) is 0 Å². The lowest BCUT2D eigenvalue weighted by Crippen LogP contribution is -2.00. The molecule has 7 aromatic carbocycles. The summed E-state index contributed by atoms with van der Waals surface area (Å²) in [5.74, 6) is 2.01. The highest BCUT2D eigenvalue weighted by atomic mass is 32.1. The predicted octanol–water partition coefficient (Wildman–Crippen LogP) is 12.9. The van der Waals surface area contributed by atoms with Gasteiger partial charge in [-0.3, -0.25) is 0 Å². The number of aromatic nitrogens is 3. The summed E-state index contributed by atoms with van der Waals surface area (Å²) in [6, 6.07) is 58.0. The van der Waals surface area contributed by atoms with Crippen LogP contribution in [0.2, 0.25) is 0 Å². The maximum absolute atomic E-state index is 5.06. The number of hydrogen-bond donors (Lipinski definition) is 0. The van der Waals surface area contributed by atoms with Crippen molar-refractivity contribution in [1.29, 1.82) is 0 Å². The molecule has 0 saturated carbocycles. The van der Waals surface area contributed by atoms with E-state index in [9.17, 15) is 0 Å². The fourth-order valence-corrected chi connectivity index (χ4v) is 9.31. The molecule has 3 aromatic heterocycles. The molecule has 0 aliphatic carbocycles. The van der Waals surface area contributed by atoms with E-state index in [2.05, 4.69) is 127 Å². The molecule has 0 unspecified atom stereocenters. The first kappa shape index (κ1) is 29.0. The average Bonchev–Trinajstić information content (AvgIpc) is 3.76. The van der Waals surface area contributed by atoms with Crippen LogP contribution in [-0.2, 0) is 0 Å². The van der Waals surface area contributed by atoms with Crippen LogP contribution in [0.15, 0.2) is 164 Å². The lowest BCUT2D eigenvalue weighted by molar-refractivity contribution is 1.08. The van der Waals surface area contributed by atoms with Crippen molar-refractivity contribution < 1.29 is 0 Å². The third kappa shape index (κ3) is 4.90. The molecule has 0 bridgehead atoms. The fraction of sp³-hybridized carbons (Fsp3) is 0. The Kier molecular flexibility index (Phi) is 6.86. The van der Waals surface area contributed by atoms with E-state index in [-0.39, 0.29) is 0 Å². The molecule has 10 aromatic rings. The number of fused-ring (bicyclic) bond motifs is 6. The highest BCUT2D eigenvalue weighted by molar-refractivity contribution is 7.26. The van der Waals surface area contributed by atoms with Crippen molar-refractivity contribution in [3.8, 4) is 56.4 Å². The Morgan fingerprint density at radius 1 is 0.320 bits per heavy atom. The summed E-state index contributed by atoms with van der Waals surface area (Å²) in [7, 11) is 0. The van der Waals surface area contributed by atoms with E-state index in [1.807, 2.05) is 47.7 Å². The maximum Gasteiger partial charge on any atom is 0.165 e. The highest BCUT2D eigenvalue weighted by Gasteiger charge is 2.18. The third-order valence-electron chi connectivity index (χ3n) is 9.33. The summed E-state index contributed by atoms with van der Waals surface area (Å²) in [4.78, 5) is 15.0. The summed E-state index contributed by atoms with van der Waals surface area (Å²) in [6.07, 6.45) is 0. The van der Waals surface area contributed by atoms with Gasteiger partial charge in [0.1, 0.15) is 0 Å². The first-order valence-corrected chi connectivity index (χ1v) is 18.2. The van der Waals surface area contributed by atoms with Gasteiger partial charge in [-0.05, 0) is 58.7 Å². The molecule has 234 valence electrons. The van der Waals surface area contributed by atoms with Crippen LogP contribution in [0, 0.1) is 0 Å². The van der Waals surface area contributed by atoms with Crippen molar-refractivity contribution in [3.63, 3.8) is 0 Å². The maximum atomic E-state index is 5.06. The molecule has 0 radical (unpaired) electrons. The summed E-state index contributed by atoms with van der Waals surface area (Å²) in [6.45, 7) is 0. The third-order valence-corrected chi connectivity index (χ3v) is 11.7. The predicted molar refractivity (Wildman–Crippen MR) is 213 cm³/mol. The van der Waals surface area contributed by atoms with Gasteiger partial charge in [0.2, 0.25) is 0 Å². The summed E-state index contributed by atoms with van der Waals surface area (Å²) in [5.41, 5.74) is 7.87. The summed E-state index contributed by atoms with van der Waals surface area (Å²) >= 11 is 3.67. The fourth-order valence-electron chi connectivity index (χ4n) is 6.95. The zero-order valence-corrected chi connectivity index (χ0v) is 28.4. The quantitative estimate of drug-likeness (QED) is 0.182. The van der Waals surface area contributed by atoms with Gasteiger partial charge in [-0.1, -0.05) is 127 Å². The van der Waals surface area contributed by atoms with Crippen LogP contribution in [0.1, 0.15) is 0 Å². The van der Waals surface area contributed by atoms with Crippen LogP contribution in [0.25, 0.3) is 96.8 Å². The van der Waals surface area contributed by atoms with Crippen LogP contribution < -0.4 is 0 Å². The molecule has 0 atom stereocenters. The van der Waals surface area contributed by atoms with Crippen LogP contribution >= 0.6 is 22.7 Å². The normalized spacial score (nSPS) is 11.6. The van der Waals surface area contributed by atoms with E-state index in [0.29, 0.717) is 17.5 Å². The Bertz CT molecular complexity index is 2800. The second-order valence-corrected chi connectivity index (χ2v) is 14.5. The molecule has 10 rings (SSSR count). The first-order valence-electron chi connectivity index (χ1n) is 16.6. The molecule has 0 saturated heterocycles. The van der Waals surface area contributed by atoms with E-state index < -0.39 is 0 Å². The molecule has 5 heteroatoms. The Morgan fingerprint density at radius 2 is 0.920 bits per heavy atom. The molecule has 3 nitrogen and oxygen atoms in total. The monoisotopic (exact) mass is 673 g/mol.